The molecule has 0 saturated heterocycles. The number of hydrogen-bond acceptors (Lipinski definition) is 3. The molecule has 1 saturated carbocycles. The summed E-state index contributed by atoms with van der Waals surface area (Å²) in [6.07, 6.45) is 6.75. The number of hydrogen-bond donors (Lipinski definition) is 1. The summed E-state index contributed by atoms with van der Waals surface area (Å²) in [5.41, 5.74) is 6.63. The molecular formula is C13H20ClN3. The minimum Gasteiger partial charge on any atom is -0.396 e. The second-order valence-corrected chi connectivity index (χ2v) is 5.32. The molecule has 3 nitrogen and oxygen atoms in total. The summed E-state index contributed by atoms with van der Waals surface area (Å²) in [6, 6.07) is 3.55. The molecule has 94 valence electrons. The van der Waals surface area contributed by atoms with Crippen LogP contribution in [0.2, 0.25) is 5.15 Å². The number of rotatable bonds is 3. The van der Waals surface area contributed by atoms with E-state index >= 15 is 0 Å². The van der Waals surface area contributed by atoms with Gasteiger partial charge in [-0.2, -0.15) is 0 Å². The van der Waals surface area contributed by atoms with E-state index in [1.807, 2.05) is 13.1 Å². The largest absolute Gasteiger partial charge is 0.396 e. The van der Waals surface area contributed by atoms with Gasteiger partial charge in [0.05, 0.1) is 5.69 Å². The summed E-state index contributed by atoms with van der Waals surface area (Å²) >= 11 is 5.91. The van der Waals surface area contributed by atoms with E-state index in [1.54, 1.807) is 6.07 Å². The minimum atomic E-state index is 0.504. The molecular weight excluding hydrogens is 234 g/mol. The fourth-order valence-corrected chi connectivity index (χ4v) is 2.73. The van der Waals surface area contributed by atoms with Gasteiger partial charge >= 0.3 is 0 Å². The maximum absolute atomic E-state index is 5.93. The van der Waals surface area contributed by atoms with Crippen LogP contribution in [0.4, 0.5) is 11.5 Å². The van der Waals surface area contributed by atoms with Gasteiger partial charge in [0.25, 0.3) is 0 Å². The number of pyridine rings is 1. The number of nitrogen functional groups attached to an aromatic ring is 1. The molecule has 1 heterocycles. The van der Waals surface area contributed by atoms with Gasteiger partial charge in [-0.1, -0.05) is 30.9 Å². The van der Waals surface area contributed by atoms with Gasteiger partial charge in [-0.15, -0.1) is 0 Å². The molecule has 0 aliphatic heterocycles. The molecule has 1 aromatic heterocycles. The molecule has 0 bridgehead atoms. The van der Waals surface area contributed by atoms with Gasteiger partial charge in [0.1, 0.15) is 5.15 Å². The standard InChI is InChI=1S/C13H20ClN3/c1-17(9-10-5-3-2-4-6-10)13-11(15)7-8-12(14)16-13/h7-8,10H,2-6,9,15H2,1H3. The Morgan fingerprint density at radius 3 is 2.76 bits per heavy atom. The second-order valence-electron chi connectivity index (χ2n) is 4.93. The monoisotopic (exact) mass is 253 g/mol. The molecule has 1 aliphatic rings. The zero-order chi connectivity index (χ0) is 12.3. The SMILES string of the molecule is CN(CC1CCCCC1)c1nc(Cl)ccc1N. The fraction of sp³-hybridized carbons (Fsp3) is 0.615. The third-order valence-corrected chi connectivity index (χ3v) is 3.70. The summed E-state index contributed by atoms with van der Waals surface area (Å²) in [7, 11) is 2.05. The summed E-state index contributed by atoms with van der Waals surface area (Å²) in [4.78, 5) is 6.44. The molecule has 0 amide bonds. The summed E-state index contributed by atoms with van der Waals surface area (Å²) in [5.74, 6) is 1.58. The van der Waals surface area contributed by atoms with Crippen LogP contribution < -0.4 is 10.6 Å². The first-order chi connectivity index (χ1) is 8.16. The molecule has 0 spiro atoms. The van der Waals surface area contributed by atoms with Crippen molar-refractivity contribution in [2.24, 2.45) is 5.92 Å². The average molecular weight is 254 g/mol. The highest BCUT2D eigenvalue weighted by Crippen LogP contribution is 2.27. The van der Waals surface area contributed by atoms with Crippen molar-refractivity contribution in [3.05, 3.63) is 17.3 Å². The molecule has 0 unspecified atom stereocenters. The molecule has 17 heavy (non-hydrogen) atoms. The van der Waals surface area contributed by atoms with Crippen LogP contribution in [-0.4, -0.2) is 18.6 Å². The minimum absolute atomic E-state index is 0.504. The lowest BCUT2D eigenvalue weighted by atomic mass is 9.89. The van der Waals surface area contributed by atoms with E-state index in [-0.39, 0.29) is 0 Å². The van der Waals surface area contributed by atoms with Crippen molar-refractivity contribution < 1.29 is 0 Å². The maximum Gasteiger partial charge on any atom is 0.153 e. The number of nitrogens with zero attached hydrogens (tertiary/aromatic N) is 2. The lowest BCUT2D eigenvalue weighted by molar-refractivity contribution is 0.361. The van der Waals surface area contributed by atoms with Crippen molar-refractivity contribution in [3.63, 3.8) is 0 Å². The van der Waals surface area contributed by atoms with Gasteiger partial charge < -0.3 is 10.6 Å². The Hall–Kier alpha value is -0.960. The molecule has 0 atom stereocenters. The molecule has 2 N–H and O–H groups in total. The van der Waals surface area contributed by atoms with Crippen LogP contribution in [0.15, 0.2) is 12.1 Å². The Bertz CT molecular complexity index is 375. The topological polar surface area (TPSA) is 42.2 Å². The van der Waals surface area contributed by atoms with Crippen LogP contribution in [0.1, 0.15) is 32.1 Å². The van der Waals surface area contributed by atoms with Crippen LogP contribution in [0, 0.1) is 5.92 Å². The zero-order valence-corrected chi connectivity index (χ0v) is 11.1. The normalized spacial score (nSPS) is 17.1. The van der Waals surface area contributed by atoms with Gasteiger partial charge in [0, 0.05) is 13.6 Å². The summed E-state index contributed by atoms with van der Waals surface area (Å²) < 4.78 is 0. The van der Waals surface area contributed by atoms with Crippen molar-refractivity contribution in [2.75, 3.05) is 24.2 Å². The van der Waals surface area contributed by atoms with E-state index in [4.69, 9.17) is 17.3 Å². The Morgan fingerprint density at radius 2 is 2.06 bits per heavy atom. The van der Waals surface area contributed by atoms with Gasteiger partial charge in [0.15, 0.2) is 5.82 Å². The number of nitrogens with two attached hydrogens (primary N) is 1. The van der Waals surface area contributed by atoms with Crippen LogP contribution in [-0.2, 0) is 0 Å². The van der Waals surface area contributed by atoms with E-state index in [0.29, 0.717) is 10.8 Å². The lowest BCUT2D eigenvalue weighted by Crippen LogP contribution is -2.28. The molecule has 1 aromatic rings. The van der Waals surface area contributed by atoms with Gasteiger partial charge in [0.2, 0.25) is 0 Å². The summed E-state index contributed by atoms with van der Waals surface area (Å²) in [6.45, 7) is 1.03. The predicted molar refractivity (Wildman–Crippen MR) is 73.5 cm³/mol. The third kappa shape index (κ3) is 3.25. The van der Waals surface area contributed by atoms with E-state index in [9.17, 15) is 0 Å². The summed E-state index contributed by atoms with van der Waals surface area (Å²) in [5, 5.41) is 0.504. The number of aromatic nitrogens is 1. The van der Waals surface area contributed by atoms with Crippen molar-refractivity contribution in [3.8, 4) is 0 Å². The van der Waals surface area contributed by atoms with Gasteiger partial charge in [-0.3, -0.25) is 0 Å². The zero-order valence-electron chi connectivity index (χ0n) is 10.3. The molecule has 0 radical (unpaired) electrons. The van der Waals surface area contributed by atoms with Crippen LogP contribution in [0.3, 0.4) is 0 Å². The molecule has 1 aliphatic carbocycles. The van der Waals surface area contributed by atoms with Crippen LogP contribution >= 0.6 is 11.6 Å². The highest BCUT2D eigenvalue weighted by molar-refractivity contribution is 6.29. The van der Waals surface area contributed by atoms with E-state index in [0.717, 1.165) is 18.3 Å². The van der Waals surface area contributed by atoms with E-state index < -0.39 is 0 Å². The molecule has 4 heteroatoms. The Kier molecular flexibility index (Phi) is 4.11. The average Bonchev–Trinajstić information content (AvgIpc) is 2.33. The number of halogens is 1. The van der Waals surface area contributed by atoms with Crippen molar-refractivity contribution in [2.45, 2.75) is 32.1 Å². The van der Waals surface area contributed by atoms with E-state index in [2.05, 4.69) is 9.88 Å². The highest BCUT2D eigenvalue weighted by atomic mass is 35.5. The first-order valence-corrected chi connectivity index (χ1v) is 6.68. The lowest BCUT2D eigenvalue weighted by Gasteiger charge is -2.28. The Labute approximate surface area is 108 Å². The van der Waals surface area contributed by atoms with Crippen LogP contribution in [0.5, 0.6) is 0 Å². The maximum atomic E-state index is 5.93. The molecule has 1 fully saturated rings. The van der Waals surface area contributed by atoms with Crippen molar-refractivity contribution >= 4 is 23.1 Å². The van der Waals surface area contributed by atoms with Gasteiger partial charge in [-0.25, -0.2) is 4.98 Å². The highest BCUT2D eigenvalue weighted by Gasteiger charge is 2.17. The number of anilines is 2. The second kappa shape index (κ2) is 5.58. The first kappa shape index (κ1) is 12.5. The smallest absolute Gasteiger partial charge is 0.153 e. The molecule has 2 rings (SSSR count). The fourth-order valence-electron chi connectivity index (χ4n) is 2.59. The Balaban J connectivity index is 2.02. The third-order valence-electron chi connectivity index (χ3n) is 3.49. The first-order valence-electron chi connectivity index (χ1n) is 6.30. The van der Waals surface area contributed by atoms with Crippen molar-refractivity contribution in [1.29, 1.82) is 0 Å². The van der Waals surface area contributed by atoms with Gasteiger partial charge in [-0.05, 0) is 30.9 Å². The predicted octanol–water partition coefficient (Wildman–Crippen LogP) is 3.33. The molecule has 0 aromatic carbocycles. The Morgan fingerprint density at radius 1 is 1.35 bits per heavy atom. The quantitative estimate of drug-likeness (QED) is 0.841. The van der Waals surface area contributed by atoms with E-state index in [1.165, 1.54) is 32.1 Å². The van der Waals surface area contributed by atoms with Crippen LogP contribution in [0.25, 0.3) is 0 Å². The van der Waals surface area contributed by atoms with Crippen molar-refractivity contribution in [1.82, 2.24) is 4.98 Å².